The summed E-state index contributed by atoms with van der Waals surface area (Å²) in [7, 11) is 3.01. The molecule has 4 nitrogen and oxygen atoms in total. The Morgan fingerprint density at radius 3 is 2.39 bits per heavy atom. The van der Waals surface area contributed by atoms with E-state index in [2.05, 4.69) is 20.7 Å². The van der Waals surface area contributed by atoms with Gasteiger partial charge in [0.25, 0.3) is 5.91 Å². The summed E-state index contributed by atoms with van der Waals surface area (Å²) < 4.78 is 5.55. The molecule has 0 radical (unpaired) electrons. The minimum absolute atomic E-state index is 0.113. The minimum Gasteiger partial charge on any atom is -0.469 e. The van der Waals surface area contributed by atoms with Crippen LogP contribution in [0.15, 0.2) is 28.7 Å². The predicted molar refractivity (Wildman–Crippen MR) is 72.3 cm³/mol. The van der Waals surface area contributed by atoms with Gasteiger partial charge in [-0.25, -0.2) is 0 Å². The van der Waals surface area contributed by atoms with Gasteiger partial charge in [0.1, 0.15) is 0 Å². The van der Waals surface area contributed by atoms with Crippen LogP contribution >= 0.6 is 15.9 Å². The standard InChI is InChI=1S/C13H16BrNO3/c1-9(13(17)18-3)8-15(2)12(16)10-4-6-11(14)7-5-10/h4-7,9H,8H2,1-3H3. The highest BCUT2D eigenvalue weighted by Gasteiger charge is 2.19. The van der Waals surface area contributed by atoms with Crippen molar-refractivity contribution in [1.29, 1.82) is 0 Å². The molecule has 0 saturated heterocycles. The predicted octanol–water partition coefficient (Wildman–Crippen LogP) is 2.33. The monoisotopic (exact) mass is 313 g/mol. The number of carbonyl (C=O) groups excluding carboxylic acids is 2. The van der Waals surface area contributed by atoms with E-state index < -0.39 is 0 Å². The fourth-order valence-corrected chi connectivity index (χ4v) is 1.85. The number of nitrogens with zero attached hydrogens (tertiary/aromatic N) is 1. The molecule has 1 rings (SSSR count). The number of esters is 1. The second kappa shape index (κ2) is 6.54. The molecule has 0 bridgehead atoms. The lowest BCUT2D eigenvalue weighted by Gasteiger charge is -2.20. The smallest absolute Gasteiger partial charge is 0.310 e. The van der Waals surface area contributed by atoms with E-state index in [9.17, 15) is 9.59 Å². The first-order valence-corrected chi connectivity index (χ1v) is 6.34. The lowest BCUT2D eigenvalue weighted by Crippen LogP contribution is -2.34. The largest absolute Gasteiger partial charge is 0.469 e. The molecule has 5 heteroatoms. The van der Waals surface area contributed by atoms with Crippen molar-refractivity contribution in [3.63, 3.8) is 0 Å². The van der Waals surface area contributed by atoms with Crippen LogP contribution in [-0.4, -0.2) is 37.5 Å². The van der Waals surface area contributed by atoms with Gasteiger partial charge in [-0.1, -0.05) is 22.9 Å². The lowest BCUT2D eigenvalue weighted by atomic mass is 10.1. The highest BCUT2D eigenvalue weighted by Crippen LogP contribution is 2.12. The first-order chi connectivity index (χ1) is 8.45. The Kier molecular flexibility index (Phi) is 5.34. The van der Waals surface area contributed by atoms with Crippen molar-refractivity contribution in [1.82, 2.24) is 4.90 Å². The van der Waals surface area contributed by atoms with Crippen molar-refractivity contribution >= 4 is 27.8 Å². The number of hydrogen-bond acceptors (Lipinski definition) is 3. The van der Waals surface area contributed by atoms with Crippen molar-refractivity contribution in [2.24, 2.45) is 5.92 Å². The molecule has 18 heavy (non-hydrogen) atoms. The van der Waals surface area contributed by atoms with Crippen LogP contribution in [0.25, 0.3) is 0 Å². The molecule has 1 amide bonds. The van der Waals surface area contributed by atoms with Crippen LogP contribution < -0.4 is 0 Å². The second-order valence-corrected chi connectivity index (χ2v) is 5.03. The van der Waals surface area contributed by atoms with Crippen LogP contribution in [-0.2, 0) is 9.53 Å². The molecule has 0 aromatic heterocycles. The van der Waals surface area contributed by atoms with Gasteiger partial charge in [0, 0.05) is 23.6 Å². The van der Waals surface area contributed by atoms with Gasteiger partial charge in [-0.2, -0.15) is 0 Å². The lowest BCUT2D eigenvalue weighted by molar-refractivity contribution is -0.145. The number of hydrogen-bond donors (Lipinski definition) is 0. The number of rotatable bonds is 4. The molecule has 0 saturated carbocycles. The second-order valence-electron chi connectivity index (χ2n) is 4.12. The average molecular weight is 314 g/mol. The molecule has 98 valence electrons. The van der Waals surface area contributed by atoms with E-state index in [0.29, 0.717) is 12.1 Å². The number of carbonyl (C=O) groups is 2. The van der Waals surface area contributed by atoms with E-state index in [4.69, 9.17) is 0 Å². The number of halogens is 1. The van der Waals surface area contributed by atoms with E-state index in [1.165, 1.54) is 12.0 Å². The third-order valence-electron chi connectivity index (χ3n) is 2.59. The van der Waals surface area contributed by atoms with E-state index in [-0.39, 0.29) is 17.8 Å². The normalized spacial score (nSPS) is 11.8. The van der Waals surface area contributed by atoms with Gasteiger partial charge in [-0.3, -0.25) is 9.59 Å². The zero-order chi connectivity index (χ0) is 13.7. The molecule has 0 fully saturated rings. The maximum Gasteiger partial charge on any atom is 0.310 e. The summed E-state index contributed by atoms with van der Waals surface area (Å²) >= 11 is 3.31. The molecule has 1 aromatic rings. The molecule has 0 aliphatic carbocycles. The summed E-state index contributed by atoms with van der Waals surface area (Å²) in [6.45, 7) is 2.07. The molecule has 0 aliphatic heterocycles. The Morgan fingerprint density at radius 2 is 1.89 bits per heavy atom. The van der Waals surface area contributed by atoms with Crippen LogP contribution in [0.3, 0.4) is 0 Å². The van der Waals surface area contributed by atoms with Crippen LogP contribution in [0.4, 0.5) is 0 Å². The molecular formula is C13H16BrNO3. The van der Waals surface area contributed by atoms with Gasteiger partial charge in [0.05, 0.1) is 13.0 Å². The Balaban J connectivity index is 2.67. The van der Waals surface area contributed by atoms with Crippen LogP contribution in [0.2, 0.25) is 0 Å². The van der Waals surface area contributed by atoms with Gasteiger partial charge < -0.3 is 9.64 Å². The van der Waals surface area contributed by atoms with Gasteiger partial charge in [0.2, 0.25) is 0 Å². The average Bonchev–Trinajstić information content (AvgIpc) is 2.37. The molecule has 0 spiro atoms. The first-order valence-electron chi connectivity index (χ1n) is 5.54. The number of benzene rings is 1. The summed E-state index contributed by atoms with van der Waals surface area (Å²) in [6, 6.07) is 7.10. The van der Waals surface area contributed by atoms with E-state index in [1.807, 2.05) is 12.1 Å². The summed E-state index contributed by atoms with van der Waals surface area (Å²) in [5, 5.41) is 0. The Labute approximate surface area is 115 Å². The minimum atomic E-state index is -0.334. The van der Waals surface area contributed by atoms with Crippen LogP contribution in [0.5, 0.6) is 0 Å². The van der Waals surface area contributed by atoms with Crippen molar-refractivity contribution in [3.05, 3.63) is 34.3 Å². The van der Waals surface area contributed by atoms with Crippen molar-refractivity contribution in [3.8, 4) is 0 Å². The maximum absolute atomic E-state index is 12.1. The highest BCUT2D eigenvalue weighted by molar-refractivity contribution is 9.10. The Bertz CT molecular complexity index is 430. The summed E-state index contributed by atoms with van der Waals surface area (Å²) in [5.41, 5.74) is 0.595. The maximum atomic E-state index is 12.1. The van der Waals surface area contributed by atoms with E-state index in [0.717, 1.165) is 4.47 Å². The Morgan fingerprint density at radius 1 is 1.33 bits per heavy atom. The quantitative estimate of drug-likeness (QED) is 0.801. The Hall–Kier alpha value is -1.36. The molecule has 1 unspecified atom stereocenters. The molecule has 1 atom stereocenters. The third kappa shape index (κ3) is 3.84. The van der Waals surface area contributed by atoms with Gasteiger partial charge in [-0.05, 0) is 24.3 Å². The summed E-state index contributed by atoms with van der Waals surface area (Å²) in [6.07, 6.45) is 0. The third-order valence-corrected chi connectivity index (χ3v) is 3.12. The topological polar surface area (TPSA) is 46.6 Å². The molecule has 0 N–H and O–H groups in total. The SMILES string of the molecule is COC(=O)C(C)CN(C)C(=O)c1ccc(Br)cc1. The van der Waals surface area contributed by atoms with Crippen molar-refractivity contribution in [2.45, 2.75) is 6.92 Å². The summed E-state index contributed by atoms with van der Waals surface area (Å²) in [5.74, 6) is -0.761. The van der Waals surface area contributed by atoms with Crippen LogP contribution in [0.1, 0.15) is 17.3 Å². The number of ether oxygens (including phenoxy) is 1. The molecule has 1 aromatic carbocycles. The van der Waals surface area contributed by atoms with E-state index in [1.54, 1.807) is 26.1 Å². The summed E-state index contributed by atoms with van der Waals surface area (Å²) in [4.78, 5) is 24.9. The molecule has 0 aliphatic rings. The molecular weight excluding hydrogens is 298 g/mol. The number of methoxy groups -OCH3 is 1. The molecule has 0 heterocycles. The van der Waals surface area contributed by atoms with E-state index >= 15 is 0 Å². The fraction of sp³-hybridized carbons (Fsp3) is 0.385. The number of amides is 1. The van der Waals surface area contributed by atoms with Gasteiger partial charge in [0.15, 0.2) is 0 Å². The van der Waals surface area contributed by atoms with Crippen molar-refractivity contribution < 1.29 is 14.3 Å². The van der Waals surface area contributed by atoms with Crippen LogP contribution in [0, 0.1) is 5.92 Å². The van der Waals surface area contributed by atoms with Crippen molar-refractivity contribution in [2.75, 3.05) is 20.7 Å². The zero-order valence-electron chi connectivity index (χ0n) is 10.6. The zero-order valence-corrected chi connectivity index (χ0v) is 12.2. The fourth-order valence-electron chi connectivity index (χ4n) is 1.58. The van der Waals surface area contributed by atoms with Gasteiger partial charge >= 0.3 is 5.97 Å². The highest BCUT2D eigenvalue weighted by atomic mass is 79.9. The first kappa shape index (κ1) is 14.7. The van der Waals surface area contributed by atoms with Gasteiger partial charge in [-0.15, -0.1) is 0 Å².